The number of nitrogens with zero attached hydrogens (tertiary/aromatic N) is 2. The van der Waals surface area contributed by atoms with Crippen molar-refractivity contribution >= 4 is 11.8 Å². The molecule has 26 heavy (non-hydrogen) atoms. The van der Waals surface area contributed by atoms with Gasteiger partial charge in [0.15, 0.2) is 0 Å². The third-order valence-corrected chi connectivity index (χ3v) is 4.11. The predicted molar refractivity (Wildman–Crippen MR) is 97.0 cm³/mol. The second-order valence-corrected chi connectivity index (χ2v) is 6.00. The van der Waals surface area contributed by atoms with Crippen molar-refractivity contribution in [1.29, 1.82) is 5.26 Å². The number of methoxy groups -OCH3 is 1. The highest BCUT2D eigenvalue weighted by Crippen LogP contribution is 2.12. The third-order valence-electron chi connectivity index (χ3n) is 4.11. The number of hydrogen-bond donors (Lipinski definition) is 2. The fraction of sp³-hybridized carbons (Fsp3) is 0.421. The molecule has 7 heteroatoms. The van der Waals surface area contributed by atoms with Gasteiger partial charge >= 0.3 is 0 Å². The van der Waals surface area contributed by atoms with Crippen molar-refractivity contribution in [3.8, 4) is 11.8 Å². The Morgan fingerprint density at radius 3 is 3.00 bits per heavy atom. The molecule has 0 aromatic heterocycles. The van der Waals surface area contributed by atoms with Gasteiger partial charge in [-0.25, -0.2) is 0 Å². The summed E-state index contributed by atoms with van der Waals surface area (Å²) in [5.41, 5.74) is 0.999. The number of ether oxygens (including phenoxy) is 1. The molecule has 2 N–H and O–H groups in total. The van der Waals surface area contributed by atoms with Crippen LogP contribution in [0.2, 0.25) is 0 Å². The van der Waals surface area contributed by atoms with E-state index in [4.69, 9.17) is 10.00 Å². The van der Waals surface area contributed by atoms with Crippen molar-refractivity contribution in [1.82, 2.24) is 15.5 Å². The number of nitrogens with one attached hydrogen (secondary N) is 2. The average Bonchev–Trinajstić information content (AvgIpc) is 3.07. The molecule has 1 aliphatic heterocycles. The van der Waals surface area contributed by atoms with Crippen LogP contribution in [0.4, 0.5) is 0 Å². The van der Waals surface area contributed by atoms with Gasteiger partial charge < -0.3 is 20.3 Å². The highest BCUT2D eigenvalue weighted by molar-refractivity contribution is 5.97. The first kappa shape index (κ1) is 19.3. The molecular weight excluding hydrogens is 332 g/mol. The Balaban J connectivity index is 1.73. The van der Waals surface area contributed by atoms with Gasteiger partial charge in [0.1, 0.15) is 17.4 Å². The highest BCUT2D eigenvalue weighted by atomic mass is 16.5. The lowest BCUT2D eigenvalue weighted by molar-refractivity contribution is -0.127. The lowest BCUT2D eigenvalue weighted by atomic mass is 10.2. The van der Waals surface area contributed by atoms with E-state index >= 15 is 0 Å². The van der Waals surface area contributed by atoms with E-state index < -0.39 is 5.91 Å². The molecular formula is C19H24N4O3. The SMILES string of the molecule is COc1cccc(CN/C=C(/C#N)C(=O)NCCCN2CCCC2=O)c1. The van der Waals surface area contributed by atoms with Crippen LogP contribution >= 0.6 is 0 Å². The van der Waals surface area contributed by atoms with Crippen LogP contribution < -0.4 is 15.4 Å². The Hall–Kier alpha value is -3.01. The van der Waals surface area contributed by atoms with E-state index in [-0.39, 0.29) is 11.5 Å². The van der Waals surface area contributed by atoms with Crippen LogP contribution in [0.3, 0.4) is 0 Å². The topological polar surface area (TPSA) is 94.5 Å². The van der Waals surface area contributed by atoms with Crippen LogP contribution in [0.5, 0.6) is 5.75 Å². The fourth-order valence-electron chi connectivity index (χ4n) is 2.71. The smallest absolute Gasteiger partial charge is 0.263 e. The standard InChI is InChI=1S/C19H24N4O3/c1-26-17-6-2-5-15(11-17)13-21-14-16(12-20)19(25)22-8-4-10-23-9-3-7-18(23)24/h2,5-6,11,14,21H,3-4,7-10,13H2,1H3,(H,22,25)/b16-14-. The number of carbonyl (C=O) groups excluding carboxylic acids is 2. The maximum Gasteiger partial charge on any atom is 0.263 e. The largest absolute Gasteiger partial charge is 0.497 e. The van der Waals surface area contributed by atoms with Gasteiger partial charge in [-0.1, -0.05) is 12.1 Å². The minimum atomic E-state index is -0.418. The summed E-state index contributed by atoms with van der Waals surface area (Å²) >= 11 is 0. The van der Waals surface area contributed by atoms with Crippen molar-refractivity contribution in [3.05, 3.63) is 41.6 Å². The number of likely N-dealkylation sites (tertiary alicyclic amines) is 1. The van der Waals surface area contributed by atoms with E-state index in [9.17, 15) is 9.59 Å². The molecule has 1 aromatic carbocycles. The van der Waals surface area contributed by atoms with Gasteiger partial charge in [0, 0.05) is 38.8 Å². The molecule has 1 fully saturated rings. The molecule has 1 aliphatic rings. The van der Waals surface area contributed by atoms with Gasteiger partial charge in [0.2, 0.25) is 5.91 Å². The second kappa shape index (κ2) is 10.1. The molecule has 0 aliphatic carbocycles. The number of carbonyl (C=O) groups is 2. The van der Waals surface area contributed by atoms with Crippen LogP contribution in [-0.4, -0.2) is 43.5 Å². The van der Waals surface area contributed by atoms with Crippen LogP contribution in [0.15, 0.2) is 36.0 Å². The van der Waals surface area contributed by atoms with E-state index in [2.05, 4.69) is 10.6 Å². The summed E-state index contributed by atoms with van der Waals surface area (Å²) in [5.74, 6) is 0.511. The zero-order chi connectivity index (χ0) is 18.8. The van der Waals surface area contributed by atoms with Gasteiger partial charge in [-0.15, -0.1) is 0 Å². The first-order chi connectivity index (χ1) is 12.6. The molecule has 0 unspecified atom stereocenters. The third kappa shape index (κ3) is 5.81. The quantitative estimate of drug-likeness (QED) is 0.395. The minimum absolute atomic E-state index is 0.0187. The van der Waals surface area contributed by atoms with E-state index in [0.717, 1.165) is 24.3 Å². The van der Waals surface area contributed by atoms with E-state index in [0.29, 0.717) is 32.5 Å². The van der Waals surface area contributed by atoms with E-state index in [1.807, 2.05) is 35.2 Å². The monoisotopic (exact) mass is 356 g/mol. The van der Waals surface area contributed by atoms with Crippen LogP contribution in [0.1, 0.15) is 24.8 Å². The maximum atomic E-state index is 12.0. The molecule has 1 heterocycles. The zero-order valence-electron chi connectivity index (χ0n) is 15.0. The van der Waals surface area contributed by atoms with Crippen molar-refractivity contribution < 1.29 is 14.3 Å². The zero-order valence-corrected chi connectivity index (χ0v) is 15.0. The summed E-state index contributed by atoms with van der Waals surface area (Å²) in [7, 11) is 1.60. The molecule has 7 nitrogen and oxygen atoms in total. The summed E-state index contributed by atoms with van der Waals surface area (Å²) in [6, 6.07) is 9.43. The first-order valence-corrected chi connectivity index (χ1v) is 8.66. The molecule has 1 aromatic rings. The molecule has 0 spiro atoms. The Labute approximate surface area is 153 Å². The van der Waals surface area contributed by atoms with Crippen LogP contribution in [-0.2, 0) is 16.1 Å². The number of nitriles is 1. The van der Waals surface area contributed by atoms with Crippen molar-refractivity contribution in [3.63, 3.8) is 0 Å². The predicted octanol–water partition coefficient (Wildman–Crippen LogP) is 1.32. The molecule has 0 saturated carbocycles. The summed E-state index contributed by atoms with van der Waals surface area (Å²) in [6.45, 7) is 2.34. The maximum absolute atomic E-state index is 12.0. The van der Waals surface area contributed by atoms with Gasteiger partial charge in [0.25, 0.3) is 5.91 Å². The number of rotatable bonds is 9. The van der Waals surface area contributed by atoms with Gasteiger partial charge in [-0.05, 0) is 30.5 Å². The Kier molecular flexibility index (Phi) is 7.49. The molecule has 0 atom stereocenters. The molecule has 2 rings (SSSR count). The van der Waals surface area contributed by atoms with Gasteiger partial charge in [-0.2, -0.15) is 5.26 Å². The van der Waals surface area contributed by atoms with E-state index in [1.165, 1.54) is 6.20 Å². The molecule has 1 saturated heterocycles. The van der Waals surface area contributed by atoms with Crippen molar-refractivity contribution in [2.45, 2.75) is 25.8 Å². The highest BCUT2D eigenvalue weighted by Gasteiger charge is 2.19. The fourth-order valence-corrected chi connectivity index (χ4v) is 2.71. The Bertz CT molecular complexity index is 709. The van der Waals surface area contributed by atoms with Gasteiger partial charge in [-0.3, -0.25) is 9.59 Å². The molecule has 0 bridgehead atoms. The summed E-state index contributed by atoms with van der Waals surface area (Å²) < 4.78 is 5.16. The van der Waals surface area contributed by atoms with Gasteiger partial charge in [0.05, 0.1) is 7.11 Å². The molecule has 138 valence electrons. The second-order valence-electron chi connectivity index (χ2n) is 6.00. The average molecular weight is 356 g/mol. The number of amides is 2. The van der Waals surface area contributed by atoms with Crippen molar-refractivity contribution in [2.75, 3.05) is 26.7 Å². The lowest BCUT2D eigenvalue weighted by Crippen LogP contribution is -2.31. The summed E-state index contributed by atoms with van der Waals surface area (Å²) in [5, 5.41) is 14.8. The molecule has 2 amide bonds. The Morgan fingerprint density at radius 1 is 1.46 bits per heavy atom. The van der Waals surface area contributed by atoms with Crippen LogP contribution in [0.25, 0.3) is 0 Å². The number of benzene rings is 1. The summed E-state index contributed by atoms with van der Waals surface area (Å²) in [4.78, 5) is 25.3. The first-order valence-electron chi connectivity index (χ1n) is 8.66. The Morgan fingerprint density at radius 2 is 2.31 bits per heavy atom. The number of hydrogen-bond acceptors (Lipinski definition) is 5. The minimum Gasteiger partial charge on any atom is -0.497 e. The normalized spacial score (nSPS) is 14.1. The van der Waals surface area contributed by atoms with Crippen molar-refractivity contribution in [2.24, 2.45) is 0 Å². The van der Waals surface area contributed by atoms with Crippen LogP contribution in [0, 0.1) is 11.3 Å². The van der Waals surface area contributed by atoms with E-state index in [1.54, 1.807) is 7.11 Å². The molecule has 0 radical (unpaired) electrons. The summed E-state index contributed by atoms with van der Waals surface area (Å²) in [6.07, 6.45) is 3.62. The lowest BCUT2D eigenvalue weighted by Gasteiger charge is -2.15.